The van der Waals surface area contributed by atoms with Crippen LogP contribution in [0.2, 0.25) is 0 Å². The van der Waals surface area contributed by atoms with Crippen LogP contribution in [0.15, 0.2) is 30.3 Å². The second-order valence-electron chi connectivity index (χ2n) is 4.95. The van der Waals surface area contributed by atoms with Gasteiger partial charge >= 0.3 is 0 Å². The number of nitrogen functional groups attached to an aromatic ring is 1. The molecule has 0 spiro atoms. The van der Waals surface area contributed by atoms with E-state index < -0.39 is 0 Å². The summed E-state index contributed by atoms with van der Waals surface area (Å²) in [6.07, 6.45) is 0. The van der Waals surface area contributed by atoms with E-state index in [0.29, 0.717) is 11.9 Å². The highest BCUT2D eigenvalue weighted by molar-refractivity contribution is 7.11. The van der Waals surface area contributed by atoms with Gasteiger partial charge in [0.15, 0.2) is 0 Å². The number of rotatable bonds is 5. The molecule has 5 heteroatoms. The van der Waals surface area contributed by atoms with Gasteiger partial charge < -0.3 is 16.0 Å². The average Bonchev–Trinajstić information content (AvgIpc) is 2.70. The maximum atomic E-state index is 6.00. The maximum absolute atomic E-state index is 6.00. The summed E-state index contributed by atoms with van der Waals surface area (Å²) in [6, 6.07) is 10.5. The third-order valence-corrected chi connectivity index (χ3v) is 3.59. The first-order valence-corrected chi connectivity index (χ1v) is 7.07. The summed E-state index contributed by atoms with van der Waals surface area (Å²) in [7, 11) is 4.13. The zero-order valence-corrected chi connectivity index (χ0v) is 12.4. The second kappa shape index (κ2) is 6.04. The Bertz CT molecular complexity index is 521. The lowest BCUT2D eigenvalue weighted by Crippen LogP contribution is -2.29. The van der Waals surface area contributed by atoms with Crippen molar-refractivity contribution < 1.29 is 0 Å². The minimum Gasteiger partial charge on any atom is -0.382 e. The molecular weight excluding hydrogens is 256 g/mol. The summed E-state index contributed by atoms with van der Waals surface area (Å²) < 4.78 is 4.27. The minimum absolute atomic E-state index is 0.345. The number of likely N-dealkylation sites (N-methyl/N-ethyl adjacent to an activating group) is 1. The molecule has 2 aromatic rings. The van der Waals surface area contributed by atoms with Crippen LogP contribution in [0.1, 0.15) is 6.92 Å². The van der Waals surface area contributed by atoms with Gasteiger partial charge in [0.1, 0.15) is 10.8 Å². The quantitative estimate of drug-likeness (QED) is 0.881. The van der Waals surface area contributed by atoms with E-state index in [0.717, 1.165) is 22.7 Å². The molecule has 0 fully saturated rings. The summed E-state index contributed by atoms with van der Waals surface area (Å²) in [4.78, 5) is 2.16. The van der Waals surface area contributed by atoms with E-state index in [4.69, 9.17) is 5.73 Å². The lowest BCUT2D eigenvalue weighted by molar-refractivity contribution is 0.392. The lowest BCUT2D eigenvalue weighted by Gasteiger charge is -2.19. The van der Waals surface area contributed by atoms with Crippen LogP contribution < -0.4 is 11.1 Å². The molecular formula is C14H20N4S. The van der Waals surface area contributed by atoms with Crippen molar-refractivity contribution >= 4 is 22.4 Å². The molecule has 2 rings (SSSR count). The standard InChI is InChI=1S/C14H20N4S/c1-10(9-18(2)3)16-14-12(13(15)17-19-14)11-7-5-4-6-8-11/h4-8,10,16H,9H2,1-3H3,(H2,15,17). The van der Waals surface area contributed by atoms with Crippen molar-refractivity contribution in [3.8, 4) is 11.1 Å². The highest BCUT2D eigenvalue weighted by Crippen LogP contribution is 2.36. The van der Waals surface area contributed by atoms with Crippen LogP contribution in [0, 0.1) is 0 Å². The summed E-state index contributed by atoms with van der Waals surface area (Å²) >= 11 is 1.42. The fourth-order valence-electron chi connectivity index (χ4n) is 2.10. The smallest absolute Gasteiger partial charge is 0.147 e. The van der Waals surface area contributed by atoms with E-state index >= 15 is 0 Å². The first kappa shape index (κ1) is 13.8. The Labute approximate surface area is 118 Å². The zero-order valence-electron chi connectivity index (χ0n) is 11.6. The number of nitrogens with one attached hydrogen (secondary N) is 1. The van der Waals surface area contributed by atoms with Gasteiger partial charge in [0.25, 0.3) is 0 Å². The maximum Gasteiger partial charge on any atom is 0.147 e. The molecule has 1 aromatic heterocycles. The molecule has 19 heavy (non-hydrogen) atoms. The number of benzene rings is 1. The Balaban J connectivity index is 2.23. The van der Waals surface area contributed by atoms with Gasteiger partial charge in [-0.05, 0) is 38.1 Å². The van der Waals surface area contributed by atoms with E-state index in [1.54, 1.807) is 0 Å². The molecule has 1 unspecified atom stereocenters. The molecule has 0 aliphatic rings. The molecule has 0 saturated heterocycles. The van der Waals surface area contributed by atoms with Gasteiger partial charge in [0, 0.05) is 12.6 Å². The molecule has 0 bridgehead atoms. The van der Waals surface area contributed by atoms with Crippen LogP contribution in [0.4, 0.5) is 10.8 Å². The van der Waals surface area contributed by atoms with Gasteiger partial charge in [-0.3, -0.25) is 0 Å². The number of hydrogen-bond acceptors (Lipinski definition) is 5. The van der Waals surface area contributed by atoms with Crippen LogP contribution in [-0.4, -0.2) is 36.0 Å². The third-order valence-electron chi connectivity index (χ3n) is 2.80. The van der Waals surface area contributed by atoms with E-state index in [9.17, 15) is 0 Å². The van der Waals surface area contributed by atoms with Crippen molar-refractivity contribution in [2.75, 3.05) is 31.7 Å². The minimum atomic E-state index is 0.345. The normalized spacial score (nSPS) is 12.6. The molecule has 0 saturated carbocycles. The van der Waals surface area contributed by atoms with E-state index in [1.165, 1.54) is 11.5 Å². The number of nitrogens with two attached hydrogens (primary N) is 1. The van der Waals surface area contributed by atoms with Gasteiger partial charge in [-0.15, -0.1) is 0 Å². The van der Waals surface area contributed by atoms with Crippen molar-refractivity contribution in [3.05, 3.63) is 30.3 Å². The summed E-state index contributed by atoms with van der Waals surface area (Å²) in [5.74, 6) is 0.593. The molecule has 0 radical (unpaired) electrons. The fraction of sp³-hybridized carbons (Fsp3) is 0.357. The van der Waals surface area contributed by atoms with Crippen LogP contribution in [0.5, 0.6) is 0 Å². The number of hydrogen-bond donors (Lipinski definition) is 2. The van der Waals surface area contributed by atoms with Gasteiger partial charge in [0.05, 0.1) is 5.56 Å². The largest absolute Gasteiger partial charge is 0.382 e. The summed E-state index contributed by atoms with van der Waals surface area (Å²) in [5.41, 5.74) is 8.11. The first-order chi connectivity index (χ1) is 9.08. The molecule has 3 N–H and O–H groups in total. The summed E-state index contributed by atoms with van der Waals surface area (Å²) in [5, 5.41) is 4.54. The predicted octanol–water partition coefficient (Wildman–Crippen LogP) is 2.75. The Kier molecular flexibility index (Phi) is 4.39. The van der Waals surface area contributed by atoms with Crippen molar-refractivity contribution in [2.45, 2.75) is 13.0 Å². The van der Waals surface area contributed by atoms with Crippen LogP contribution in [0.3, 0.4) is 0 Å². The number of nitrogens with zero attached hydrogens (tertiary/aromatic N) is 2. The molecule has 0 aliphatic carbocycles. The van der Waals surface area contributed by atoms with Crippen molar-refractivity contribution in [1.29, 1.82) is 0 Å². The van der Waals surface area contributed by atoms with Gasteiger partial charge in [-0.2, -0.15) is 4.37 Å². The third kappa shape index (κ3) is 3.45. The zero-order chi connectivity index (χ0) is 13.8. The topological polar surface area (TPSA) is 54.2 Å². The molecule has 0 amide bonds. The fourth-order valence-corrected chi connectivity index (χ4v) is 2.95. The van der Waals surface area contributed by atoms with Crippen LogP contribution >= 0.6 is 11.5 Å². The SMILES string of the molecule is CC(CN(C)C)Nc1snc(N)c1-c1ccccc1. The monoisotopic (exact) mass is 276 g/mol. The molecule has 102 valence electrons. The Hall–Kier alpha value is -1.59. The summed E-state index contributed by atoms with van der Waals surface area (Å²) in [6.45, 7) is 3.12. The second-order valence-corrected chi connectivity index (χ2v) is 5.72. The van der Waals surface area contributed by atoms with Gasteiger partial charge in [0.2, 0.25) is 0 Å². The van der Waals surface area contributed by atoms with Crippen LogP contribution in [-0.2, 0) is 0 Å². The van der Waals surface area contributed by atoms with Crippen molar-refractivity contribution in [1.82, 2.24) is 9.27 Å². The number of aromatic nitrogens is 1. The Morgan fingerprint density at radius 1 is 1.32 bits per heavy atom. The predicted molar refractivity (Wildman–Crippen MR) is 83.6 cm³/mol. The van der Waals surface area contributed by atoms with Crippen LogP contribution in [0.25, 0.3) is 11.1 Å². The van der Waals surface area contributed by atoms with E-state index in [-0.39, 0.29) is 0 Å². The molecule has 1 heterocycles. The van der Waals surface area contributed by atoms with Crippen molar-refractivity contribution in [2.24, 2.45) is 0 Å². The van der Waals surface area contributed by atoms with E-state index in [1.807, 2.05) is 18.2 Å². The van der Waals surface area contributed by atoms with Crippen molar-refractivity contribution in [3.63, 3.8) is 0 Å². The first-order valence-electron chi connectivity index (χ1n) is 6.29. The highest BCUT2D eigenvalue weighted by atomic mass is 32.1. The molecule has 0 aliphatic heterocycles. The van der Waals surface area contributed by atoms with Gasteiger partial charge in [-0.1, -0.05) is 30.3 Å². The van der Waals surface area contributed by atoms with Gasteiger partial charge in [-0.25, -0.2) is 0 Å². The lowest BCUT2D eigenvalue weighted by atomic mass is 10.1. The molecule has 1 aromatic carbocycles. The average molecular weight is 276 g/mol. The molecule has 4 nitrogen and oxygen atoms in total. The molecule has 1 atom stereocenters. The Morgan fingerprint density at radius 3 is 2.63 bits per heavy atom. The Morgan fingerprint density at radius 2 is 2.00 bits per heavy atom. The van der Waals surface area contributed by atoms with E-state index in [2.05, 4.69) is 47.7 Å². The number of anilines is 2. The highest BCUT2D eigenvalue weighted by Gasteiger charge is 2.15.